The summed E-state index contributed by atoms with van der Waals surface area (Å²) in [5.74, 6) is -1.65. The lowest BCUT2D eigenvalue weighted by Crippen LogP contribution is -2.59. The number of nitrogens with one attached hydrogen (secondary N) is 2. The summed E-state index contributed by atoms with van der Waals surface area (Å²) in [5, 5.41) is 5.69. The molecule has 5 rings (SSSR count). The zero-order valence-corrected chi connectivity index (χ0v) is 23.6. The highest BCUT2D eigenvalue weighted by atomic mass is 32.2. The fraction of sp³-hybridized carbons (Fsp3) is 0.444. The molecule has 0 radical (unpaired) electrons. The van der Waals surface area contributed by atoms with E-state index in [0.29, 0.717) is 24.2 Å². The van der Waals surface area contributed by atoms with Crippen LogP contribution in [0, 0.1) is 5.82 Å². The van der Waals surface area contributed by atoms with Crippen LogP contribution in [0.5, 0.6) is 17.2 Å². The fourth-order valence-corrected chi connectivity index (χ4v) is 5.33. The molecule has 1 amide bonds. The van der Waals surface area contributed by atoms with Crippen molar-refractivity contribution in [2.75, 3.05) is 26.3 Å². The standard InChI is InChI=1S/C27H28F4N2O8S/c1-25(2,3)40-24(34)33-22-12-32-14-26(39-22)18-11-17(41-42(35,36)27(29,30)31)6-7-21(18)38-23-19(26)9-16(10-20(23)28)15-5-4-8-37-13-15/h5-7,9-11,22,32H,4,8,12-14H2,1-3H3,(H,33,34)/t22-,26?/m0/s1. The number of carbonyl (C=O) groups is 1. The molecule has 15 heteroatoms. The summed E-state index contributed by atoms with van der Waals surface area (Å²) < 4.78 is 106. The van der Waals surface area contributed by atoms with E-state index in [-0.39, 0.29) is 42.3 Å². The number of rotatable bonds is 4. The third kappa shape index (κ3) is 5.91. The van der Waals surface area contributed by atoms with Gasteiger partial charge in [0.15, 0.2) is 11.6 Å². The number of ether oxygens (including phenoxy) is 4. The molecule has 1 unspecified atom stereocenters. The third-order valence-electron chi connectivity index (χ3n) is 6.57. The van der Waals surface area contributed by atoms with Crippen LogP contribution in [0.1, 0.15) is 43.9 Å². The maximum atomic E-state index is 15.7. The van der Waals surface area contributed by atoms with Crippen LogP contribution < -0.4 is 19.6 Å². The van der Waals surface area contributed by atoms with Gasteiger partial charge in [-0.15, -0.1) is 0 Å². The molecule has 0 bridgehead atoms. The number of carbonyl (C=O) groups excluding carboxylic acids is 1. The average Bonchev–Trinajstić information content (AvgIpc) is 2.88. The zero-order chi connectivity index (χ0) is 30.5. The third-order valence-corrected chi connectivity index (χ3v) is 7.55. The van der Waals surface area contributed by atoms with Gasteiger partial charge in [-0.2, -0.15) is 21.6 Å². The first kappa shape index (κ1) is 30.1. The number of hydrogen-bond acceptors (Lipinski definition) is 9. The maximum absolute atomic E-state index is 15.7. The SMILES string of the molecule is CC(C)(C)OC(=O)N[C@@H]1CNCC2(O1)c1cc(OS(=O)(=O)C(F)(F)F)ccc1Oc1c(F)cc(C3=CCCOC3)cc12. The van der Waals surface area contributed by atoms with Gasteiger partial charge < -0.3 is 28.4 Å². The summed E-state index contributed by atoms with van der Waals surface area (Å²) >= 11 is 0. The van der Waals surface area contributed by atoms with Gasteiger partial charge in [-0.1, -0.05) is 6.08 Å². The van der Waals surface area contributed by atoms with E-state index in [1.165, 1.54) is 6.07 Å². The number of alkyl halides is 3. The van der Waals surface area contributed by atoms with E-state index < -0.39 is 50.7 Å². The van der Waals surface area contributed by atoms with Gasteiger partial charge >= 0.3 is 21.7 Å². The topological polar surface area (TPSA) is 121 Å². The van der Waals surface area contributed by atoms with E-state index in [0.717, 1.165) is 18.2 Å². The molecule has 1 spiro atoms. The number of alkyl carbamates (subject to hydrolysis) is 1. The molecule has 1 fully saturated rings. The first-order valence-electron chi connectivity index (χ1n) is 12.9. The lowest BCUT2D eigenvalue weighted by molar-refractivity contribution is -0.112. The highest BCUT2D eigenvalue weighted by molar-refractivity contribution is 7.88. The summed E-state index contributed by atoms with van der Waals surface area (Å²) in [6.07, 6.45) is 0.624. The fourth-order valence-electron chi connectivity index (χ4n) is 4.88. The molecule has 1 saturated heterocycles. The number of halogens is 4. The molecular weight excluding hydrogens is 588 g/mol. The highest BCUT2D eigenvalue weighted by Crippen LogP contribution is 2.52. The molecule has 0 aliphatic carbocycles. The van der Waals surface area contributed by atoms with Gasteiger partial charge in [-0.3, -0.25) is 5.32 Å². The van der Waals surface area contributed by atoms with Crippen molar-refractivity contribution in [1.82, 2.24) is 10.6 Å². The Labute approximate surface area is 239 Å². The normalized spacial score (nSPS) is 22.4. The van der Waals surface area contributed by atoms with Crippen molar-refractivity contribution in [2.24, 2.45) is 0 Å². The van der Waals surface area contributed by atoms with Crippen molar-refractivity contribution in [1.29, 1.82) is 0 Å². The van der Waals surface area contributed by atoms with Crippen molar-refractivity contribution in [3.8, 4) is 17.2 Å². The number of hydrogen-bond donors (Lipinski definition) is 2. The van der Waals surface area contributed by atoms with Crippen molar-refractivity contribution < 1.29 is 53.9 Å². The molecular formula is C27H28F4N2O8S. The second-order valence-electron chi connectivity index (χ2n) is 10.9. The molecule has 42 heavy (non-hydrogen) atoms. The summed E-state index contributed by atoms with van der Waals surface area (Å²) in [5.41, 5.74) is -6.85. The van der Waals surface area contributed by atoms with Crippen LogP contribution in [-0.2, 0) is 29.9 Å². The second kappa shape index (κ2) is 10.7. The minimum atomic E-state index is -6.00. The van der Waals surface area contributed by atoms with Crippen LogP contribution in [0.15, 0.2) is 36.4 Å². The quantitative estimate of drug-likeness (QED) is 0.287. The number of morpholine rings is 1. The molecule has 0 aromatic heterocycles. The average molecular weight is 617 g/mol. The molecule has 10 nitrogen and oxygen atoms in total. The van der Waals surface area contributed by atoms with Crippen molar-refractivity contribution in [3.63, 3.8) is 0 Å². The number of benzene rings is 2. The van der Waals surface area contributed by atoms with E-state index in [1.807, 2.05) is 6.08 Å². The van der Waals surface area contributed by atoms with Gasteiger partial charge in [-0.25, -0.2) is 9.18 Å². The smallest absolute Gasteiger partial charge is 0.453 e. The van der Waals surface area contributed by atoms with E-state index in [9.17, 15) is 26.4 Å². The Morgan fingerprint density at radius 3 is 2.57 bits per heavy atom. The number of amides is 1. The van der Waals surface area contributed by atoms with E-state index >= 15 is 4.39 Å². The van der Waals surface area contributed by atoms with Crippen molar-refractivity contribution >= 4 is 21.8 Å². The van der Waals surface area contributed by atoms with Crippen molar-refractivity contribution in [3.05, 3.63) is 58.9 Å². The Morgan fingerprint density at radius 1 is 1.14 bits per heavy atom. The molecule has 2 aromatic rings. The summed E-state index contributed by atoms with van der Waals surface area (Å²) in [6, 6.07) is 6.01. The Kier molecular flexibility index (Phi) is 7.66. The van der Waals surface area contributed by atoms with Crippen LogP contribution in [0.2, 0.25) is 0 Å². The van der Waals surface area contributed by atoms with E-state index in [4.69, 9.17) is 18.9 Å². The van der Waals surface area contributed by atoms with E-state index in [2.05, 4.69) is 14.8 Å². The predicted octanol–water partition coefficient (Wildman–Crippen LogP) is 4.68. The summed E-state index contributed by atoms with van der Waals surface area (Å²) in [6.45, 7) is 5.77. The molecule has 2 aromatic carbocycles. The minimum Gasteiger partial charge on any atom is -0.453 e. The van der Waals surface area contributed by atoms with Gasteiger partial charge in [-0.05, 0) is 68.7 Å². The molecule has 2 atom stereocenters. The van der Waals surface area contributed by atoms with Crippen LogP contribution in [0.4, 0.5) is 22.4 Å². The van der Waals surface area contributed by atoms with Crippen LogP contribution >= 0.6 is 0 Å². The van der Waals surface area contributed by atoms with Gasteiger partial charge in [0.05, 0.1) is 13.2 Å². The Balaban J connectivity index is 1.62. The zero-order valence-electron chi connectivity index (χ0n) is 22.8. The van der Waals surface area contributed by atoms with E-state index in [1.54, 1.807) is 26.8 Å². The largest absolute Gasteiger partial charge is 0.534 e. The predicted molar refractivity (Wildman–Crippen MR) is 140 cm³/mol. The lowest BCUT2D eigenvalue weighted by Gasteiger charge is -2.45. The van der Waals surface area contributed by atoms with Gasteiger partial charge in [0.1, 0.15) is 28.9 Å². The Bertz CT molecular complexity index is 1540. The van der Waals surface area contributed by atoms with Gasteiger partial charge in [0, 0.05) is 24.2 Å². The molecule has 3 aliphatic heterocycles. The summed E-state index contributed by atoms with van der Waals surface area (Å²) in [4.78, 5) is 12.6. The minimum absolute atomic E-state index is 0.0224. The molecule has 3 aliphatic rings. The first-order chi connectivity index (χ1) is 19.6. The molecule has 2 N–H and O–H groups in total. The van der Waals surface area contributed by atoms with Crippen LogP contribution in [0.3, 0.4) is 0 Å². The highest BCUT2D eigenvalue weighted by Gasteiger charge is 2.51. The first-order valence-corrected chi connectivity index (χ1v) is 14.3. The molecule has 3 heterocycles. The Morgan fingerprint density at radius 2 is 1.90 bits per heavy atom. The van der Waals surface area contributed by atoms with Crippen LogP contribution in [-0.4, -0.2) is 58.2 Å². The lowest BCUT2D eigenvalue weighted by atomic mass is 9.80. The maximum Gasteiger partial charge on any atom is 0.534 e. The monoisotopic (exact) mass is 616 g/mol. The summed E-state index contributed by atoms with van der Waals surface area (Å²) in [7, 11) is -6.00. The second-order valence-corrected chi connectivity index (χ2v) is 12.4. The Hall–Kier alpha value is -3.40. The van der Waals surface area contributed by atoms with Gasteiger partial charge in [0.25, 0.3) is 0 Å². The molecule has 228 valence electrons. The van der Waals surface area contributed by atoms with Gasteiger partial charge in [0.2, 0.25) is 0 Å². The number of fused-ring (bicyclic) bond motifs is 4. The van der Waals surface area contributed by atoms with Crippen LogP contribution in [0.25, 0.3) is 5.57 Å². The van der Waals surface area contributed by atoms with Crippen molar-refractivity contribution in [2.45, 2.75) is 50.1 Å². The molecule has 0 saturated carbocycles.